The van der Waals surface area contributed by atoms with E-state index in [1.54, 1.807) is 36.6 Å². The van der Waals surface area contributed by atoms with Crippen molar-refractivity contribution in [1.29, 1.82) is 0 Å². The largest absolute Gasteiger partial charge is 0.467 e. The second-order valence-corrected chi connectivity index (χ2v) is 7.90. The molecule has 0 saturated carbocycles. The molecule has 31 heavy (non-hydrogen) atoms. The van der Waals surface area contributed by atoms with Crippen molar-refractivity contribution in [3.8, 4) is 0 Å². The van der Waals surface area contributed by atoms with Crippen LogP contribution in [0.4, 0.5) is 5.69 Å². The predicted molar refractivity (Wildman–Crippen MR) is 120 cm³/mol. The maximum atomic E-state index is 12.8. The van der Waals surface area contributed by atoms with Crippen LogP contribution in [-0.4, -0.2) is 30.9 Å². The van der Waals surface area contributed by atoms with E-state index in [1.165, 1.54) is 0 Å². The number of hydrogen-bond acceptors (Lipinski definition) is 4. The Morgan fingerprint density at radius 1 is 0.935 bits per heavy atom. The highest BCUT2D eigenvalue weighted by Crippen LogP contribution is 2.25. The molecule has 2 N–H and O–H groups in total. The molecule has 0 spiro atoms. The Hall–Kier alpha value is -3.25. The van der Waals surface area contributed by atoms with Gasteiger partial charge in [0.1, 0.15) is 5.76 Å². The maximum Gasteiger partial charge on any atom is 0.253 e. The number of nitrogens with one attached hydrogen (secondary N) is 2. The molecule has 4 rings (SSSR count). The van der Waals surface area contributed by atoms with Crippen LogP contribution in [0, 0.1) is 0 Å². The number of para-hydroxylation sites is 1. The van der Waals surface area contributed by atoms with Crippen LogP contribution in [0.3, 0.4) is 0 Å². The number of nitrogens with zero attached hydrogens (tertiary/aromatic N) is 1. The molecule has 0 bridgehead atoms. The molecular formula is C24H24ClN3O3. The molecule has 1 aromatic heterocycles. The topological polar surface area (TPSA) is 74.6 Å². The van der Waals surface area contributed by atoms with E-state index in [-0.39, 0.29) is 17.9 Å². The molecule has 2 aromatic carbocycles. The Balaban J connectivity index is 1.36. The summed E-state index contributed by atoms with van der Waals surface area (Å²) in [6, 6.07) is 18.3. The molecule has 160 valence electrons. The van der Waals surface area contributed by atoms with Gasteiger partial charge in [-0.15, -0.1) is 0 Å². The summed E-state index contributed by atoms with van der Waals surface area (Å²) in [4.78, 5) is 27.5. The summed E-state index contributed by atoms with van der Waals surface area (Å²) in [7, 11) is 0. The van der Waals surface area contributed by atoms with Gasteiger partial charge in [0.15, 0.2) is 0 Å². The third kappa shape index (κ3) is 5.09. The average molecular weight is 438 g/mol. The molecule has 1 fully saturated rings. The number of rotatable bonds is 6. The summed E-state index contributed by atoms with van der Waals surface area (Å²) in [5.41, 5.74) is 2.02. The molecule has 7 heteroatoms. The van der Waals surface area contributed by atoms with Gasteiger partial charge < -0.3 is 20.0 Å². The van der Waals surface area contributed by atoms with E-state index >= 15 is 0 Å². The lowest BCUT2D eigenvalue weighted by atomic mass is 10.0. The lowest BCUT2D eigenvalue weighted by Crippen LogP contribution is -2.45. The summed E-state index contributed by atoms with van der Waals surface area (Å²) in [5, 5.41) is 6.44. The van der Waals surface area contributed by atoms with Gasteiger partial charge in [0.2, 0.25) is 0 Å². The monoisotopic (exact) mass is 437 g/mol. The van der Waals surface area contributed by atoms with Crippen LogP contribution in [0.2, 0.25) is 5.02 Å². The van der Waals surface area contributed by atoms with Crippen molar-refractivity contribution in [1.82, 2.24) is 10.6 Å². The Labute approximate surface area is 186 Å². The molecule has 0 atom stereocenters. The van der Waals surface area contributed by atoms with Crippen LogP contribution >= 0.6 is 11.6 Å². The summed E-state index contributed by atoms with van der Waals surface area (Å²) in [5.74, 6) is 0.420. The van der Waals surface area contributed by atoms with Crippen molar-refractivity contribution in [3.05, 3.63) is 88.8 Å². The highest BCUT2D eigenvalue weighted by Gasteiger charge is 2.24. The van der Waals surface area contributed by atoms with E-state index in [1.807, 2.05) is 30.3 Å². The van der Waals surface area contributed by atoms with E-state index in [9.17, 15) is 9.59 Å². The van der Waals surface area contributed by atoms with E-state index < -0.39 is 0 Å². The Bertz CT molecular complexity index is 1040. The second-order valence-electron chi connectivity index (χ2n) is 7.49. The number of hydrogen-bond donors (Lipinski definition) is 2. The van der Waals surface area contributed by atoms with Gasteiger partial charge in [-0.25, -0.2) is 0 Å². The average Bonchev–Trinajstić information content (AvgIpc) is 3.32. The molecule has 3 aromatic rings. The lowest BCUT2D eigenvalue weighted by Gasteiger charge is -2.35. The zero-order valence-corrected chi connectivity index (χ0v) is 17.8. The SMILES string of the molecule is O=C(NC1CCN(c2ccccc2C(=O)NCc2ccco2)CC1)c1ccccc1Cl. The minimum atomic E-state index is -0.151. The minimum absolute atomic E-state index is 0.0694. The summed E-state index contributed by atoms with van der Waals surface area (Å²) in [6.45, 7) is 1.84. The summed E-state index contributed by atoms with van der Waals surface area (Å²) >= 11 is 6.13. The van der Waals surface area contributed by atoms with Crippen LogP contribution in [0.5, 0.6) is 0 Å². The summed E-state index contributed by atoms with van der Waals surface area (Å²) < 4.78 is 5.28. The first kappa shape index (κ1) is 21.0. The van der Waals surface area contributed by atoms with Crippen molar-refractivity contribution in [2.24, 2.45) is 0 Å². The first-order chi connectivity index (χ1) is 15.1. The maximum absolute atomic E-state index is 12.8. The lowest BCUT2D eigenvalue weighted by molar-refractivity contribution is 0.0929. The second kappa shape index (κ2) is 9.71. The van der Waals surface area contributed by atoms with Crippen LogP contribution < -0.4 is 15.5 Å². The van der Waals surface area contributed by atoms with E-state index in [2.05, 4.69) is 15.5 Å². The molecule has 1 aliphatic rings. The summed E-state index contributed by atoms with van der Waals surface area (Å²) in [6.07, 6.45) is 3.17. The van der Waals surface area contributed by atoms with Crippen molar-refractivity contribution in [3.63, 3.8) is 0 Å². The number of halogens is 1. The molecule has 0 unspecified atom stereocenters. The number of carbonyl (C=O) groups excluding carboxylic acids is 2. The van der Waals surface area contributed by atoms with Gasteiger partial charge in [0, 0.05) is 24.8 Å². The van der Waals surface area contributed by atoms with Gasteiger partial charge in [-0.05, 0) is 49.2 Å². The first-order valence-electron chi connectivity index (χ1n) is 10.3. The van der Waals surface area contributed by atoms with E-state index in [4.69, 9.17) is 16.0 Å². The highest BCUT2D eigenvalue weighted by atomic mass is 35.5. The predicted octanol–water partition coefficient (Wildman–Crippen LogP) is 4.26. The smallest absolute Gasteiger partial charge is 0.253 e. The fraction of sp³-hybridized carbons (Fsp3) is 0.250. The van der Waals surface area contributed by atoms with Gasteiger partial charge >= 0.3 is 0 Å². The molecule has 2 heterocycles. The van der Waals surface area contributed by atoms with Crippen LogP contribution in [-0.2, 0) is 6.54 Å². The van der Waals surface area contributed by atoms with Crippen LogP contribution in [0.1, 0.15) is 39.3 Å². The van der Waals surface area contributed by atoms with Gasteiger partial charge in [0.05, 0.1) is 29.0 Å². The number of anilines is 1. The fourth-order valence-electron chi connectivity index (χ4n) is 3.79. The zero-order valence-electron chi connectivity index (χ0n) is 17.0. The number of amides is 2. The third-order valence-electron chi connectivity index (χ3n) is 5.44. The Morgan fingerprint density at radius 2 is 1.65 bits per heavy atom. The minimum Gasteiger partial charge on any atom is -0.467 e. The van der Waals surface area contributed by atoms with Gasteiger partial charge in [0.25, 0.3) is 11.8 Å². The van der Waals surface area contributed by atoms with Crippen molar-refractivity contribution in [2.45, 2.75) is 25.4 Å². The molecule has 0 radical (unpaired) electrons. The number of furan rings is 1. The van der Waals surface area contributed by atoms with E-state index in [0.29, 0.717) is 28.5 Å². The number of piperidine rings is 1. The van der Waals surface area contributed by atoms with Crippen molar-refractivity contribution >= 4 is 29.1 Å². The standard InChI is InChI=1S/C24H24ClN3O3/c25-21-9-3-1-7-19(21)24(30)27-17-11-13-28(14-12-17)22-10-4-2-8-20(22)23(29)26-16-18-6-5-15-31-18/h1-10,15,17H,11-14,16H2,(H,26,29)(H,27,30). The Kier molecular flexibility index (Phi) is 6.57. The van der Waals surface area contributed by atoms with Gasteiger partial charge in [-0.3, -0.25) is 9.59 Å². The van der Waals surface area contributed by atoms with Crippen molar-refractivity contribution < 1.29 is 14.0 Å². The normalized spacial score (nSPS) is 14.3. The number of benzene rings is 2. The first-order valence-corrected chi connectivity index (χ1v) is 10.7. The van der Waals surface area contributed by atoms with Gasteiger partial charge in [-0.1, -0.05) is 35.9 Å². The van der Waals surface area contributed by atoms with Gasteiger partial charge in [-0.2, -0.15) is 0 Å². The van der Waals surface area contributed by atoms with E-state index in [0.717, 1.165) is 31.6 Å². The highest BCUT2D eigenvalue weighted by molar-refractivity contribution is 6.33. The molecule has 6 nitrogen and oxygen atoms in total. The third-order valence-corrected chi connectivity index (χ3v) is 5.77. The Morgan fingerprint density at radius 3 is 2.35 bits per heavy atom. The molecule has 1 aliphatic heterocycles. The van der Waals surface area contributed by atoms with Crippen LogP contribution in [0.15, 0.2) is 71.3 Å². The molecular weight excluding hydrogens is 414 g/mol. The molecule has 0 aliphatic carbocycles. The molecule has 2 amide bonds. The van der Waals surface area contributed by atoms with Crippen molar-refractivity contribution in [2.75, 3.05) is 18.0 Å². The fourth-order valence-corrected chi connectivity index (χ4v) is 4.01. The quantitative estimate of drug-likeness (QED) is 0.604. The zero-order chi connectivity index (χ0) is 21.6. The number of carbonyl (C=O) groups is 2. The molecule has 1 saturated heterocycles. The van der Waals surface area contributed by atoms with Crippen LogP contribution in [0.25, 0.3) is 0 Å².